The summed E-state index contributed by atoms with van der Waals surface area (Å²) in [6, 6.07) is 34.4. The summed E-state index contributed by atoms with van der Waals surface area (Å²) in [5.74, 6) is 1.94. The normalized spacial score (nSPS) is 11.5. The van der Waals surface area contributed by atoms with Gasteiger partial charge in [0, 0.05) is 11.1 Å². The van der Waals surface area contributed by atoms with Crippen LogP contribution in [0.25, 0.3) is 22.3 Å². The molecule has 0 saturated carbocycles. The average Bonchev–Trinajstić information content (AvgIpc) is 2.90. The van der Waals surface area contributed by atoms with Gasteiger partial charge in [-0.1, -0.05) is 102 Å². The number of para-hydroxylation sites is 2. The van der Waals surface area contributed by atoms with E-state index in [1.165, 1.54) is 51.6 Å². The van der Waals surface area contributed by atoms with Crippen LogP contribution in [0.1, 0.15) is 20.3 Å². The lowest BCUT2D eigenvalue weighted by atomic mass is 10.0. The Balaban J connectivity index is 1.40. The van der Waals surface area contributed by atoms with E-state index in [0.29, 0.717) is 13.2 Å². The number of hydrogen-bond donors (Lipinski definition) is 0. The molecule has 0 aliphatic carbocycles. The smallest absolute Gasteiger partial charge is 0.127 e. The molecule has 2 atom stereocenters. The Bertz CT molecular complexity index is 1130. The molecule has 0 bridgehead atoms. The topological polar surface area (TPSA) is 18.5 Å². The van der Waals surface area contributed by atoms with Crippen molar-refractivity contribution < 1.29 is 9.47 Å². The molecular weight excluding hydrogens is 466 g/mol. The standard InChI is InChI=1S/C31H34O2P2/c1-3-32-28-18-9-5-14-24(28)26-16-7-11-20-30(26)34-22-13-23-35-31-21-12-8-17-27(31)25-15-6-10-19-29(25)33-4-2/h5-12,14-21,34-35H,3-4,13,22-23H2,1-2H3. The maximum Gasteiger partial charge on any atom is 0.127 e. The summed E-state index contributed by atoms with van der Waals surface area (Å²) < 4.78 is 11.8. The summed E-state index contributed by atoms with van der Waals surface area (Å²) in [6.07, 6.45) is 3.64. The Morgan fingerprint density at radius 2 is 0.857 bits per heavy atom. The number of hydrogen-bond acceptors (Lipinski definition) is 2. The monoisotopic (exact) mass is 500 g/mol. The Morgan fingerprint density at radius 1 is 0.486 bits per heavy atom. The molecule has 0 aliphatic rings. The molecule has 0 spiro atoms. The van der Waals surface area contributed by atoms with Gasteiger partial charge >= 0.3 is 0 Å². The fourth-order valence-corrected chi connectivity index (χ4v) is 7.06. The minimum Gasteiger partial charge on any atom is -0.493 e. The predicted molar refractivity (Wildman–Crippen MR) is 156 cm³/mol. The summed E-state index contributed by atoms with van der Waals surface area (Å²) in [6.45, 7) is 5.44. The first kappa shape index (κ1) is 25.4. The van der Waals surface area contributed by atoms with Gasteiger partial charge in [0.2, 0.25) is 0 Å². The molecule has 180 valence electrons. The minimum atomic E-state index is 0.679. The van der Waals surface area contributed by atoms with Crippen molar-refractivity contribution in [3.8, 4) is 33.8 Å². The van der Waals surface area contributed by atoms with Gasteiger partial charge in [0.15, 0.2) is 0 Å². The van der Waals surface area contributed by atoms with Gasteiger partial charge in [-0.15, -0.1) is 0 Å². The highest BCUT2D eigenvalue weighted by Gasteiger charge is 2.11. The van der Waals surface area contributed by atoms with Gasteiger partial charge in [0.05, 0.1) is 13.2 Å². The van der Waals surface area contributed by atoms with Crippen LogP contribution in [-0.4, -0.2) is 25.5 Å². The van der Waals surface area contributed by atoms with Gasteiger partial charge in [-0.05, 0) is 66.5 Å². The van der Waals surface area contributed by atoms with Crippen molar-refractivity contribution in [2.75, 3.05) is 25.5 Å². The second-order valence-corrected chi connectivity index (χ2v) is 10.9. The van der Waals surface area contributed by atoms with Crippen LogP contribution < -0.4 is 20.1 Å². The molecule has 0 amide bonds. The zero-order valence-electron chi connectivity index (χ0n) is 20.6. The summed E-state index contributed by atoms with van der Waals surface area (Å²) >= 11 is 0. The van der Waals surface area contributed by atoms with Crippen LogP contribution in [0.15, 0.2) is 97.1 Å². The van der Waals surface area contributed by atoms with Crippen LogP contribution in [0.3, 0.4) is 0 Å². The first-order valence-corrected chi connectivity index (χ1v) is 14.8. The first-order valence-electron chi connectivity index (χ1n) is 12.4. The molecule has 0 aromatic heterocycles. The van der Waals surface area contributed by atoms with Crippen molar-refractivity contribution in [2.24, 2.45) is 0 Å². The van der Waals surface area contributed by atoms with Crippen molar-refractivity contribution in [1.82, 2.24) is 0 Å². The Morgan fingerprint density at radius 3 is 1.29 bits per heavy atom. The van der Waals surface area contributed by atoms with E-state index in [2.05, 4.69) is 84.9 Å². The Labute approximate surface area is 213 Å². The van der Waals surface area contributed by atoms with Crippen molar-refractivity contribution in [3.63, 3.8) is 0 Å². The van der Waals surface area contributed by atoms with Crippen LogP contribution in [0, 0.1) is 0 Å². The third-order valence-corrected chi connectivity index (χ3v) is 8.63. The highest BCUT2D eigenvalue weighted by Crippen LogP contribution is 2.33. The average molecular weight is 501 g/mol. The van der Waals surface area contributed by atoms with Crippen LogP contribution >= 0.6 is 17.2 Å². The van der Waals surface area contributed by atoms with E-state index in [0.717, 1.165) is 28.7 Å². The van der Waals surface area contributed by atoms with Gasteiger partial charge < -0.3 is 9.47 Å². The van der Waals surface area contributed by atoms with E-state index in [4.69, 9.17) is 9.47 Å². The molecule has 4 aromatic carbocycles. The maximum absolute atomic E-state index is 5.90. The lowest BCUT2D eigenvalue weighted by Crippen LogP contribution is -2.04. The molecule has 0 radical (unpaired) electrons. The molecule has 0 N–H and O–H groups in total. The van der Waals surface area contributed by atoms with Crippen molar-refractivity contribution in [1.29, 1.82) is 0 Å². The fourth-order valence-electron chi connectivity index (χ4n) is 4.22. The van der Waals surface area contributed by atoms with Crippen LogP contribution in [0.2, 0.25) is 0 Å². The second-order valence-electron chi connectivity index (χ2n) is 8.16. The number of ether oxygens (including phenoxy) is 2. The van der Waals surface area contributed by atoms with E-state index < -0.39 is 0 Å². The molecule has 35 heavy (non-hydrogen) atoms. The first-order chi connectivity index (χ1) is 17.3. The quantitative estimate of drug-likeness (QED) is 0.148. The highest BCUT2D eigenvalue weighted by atomic mass is 31.1. The van der Waals surface area contributed by atoms with E-state index in [-0.39, 0.29) is 0 Å². The maximum atomic E-state index is 5.90. The molecule has 4 aromatic rings. The lowest BCUT2D eigenvalue weighted by molar-refractivity contribution is 0.341. The zero-order chi connectivity index (χ0) is 24.3. The summed E-state index contributed by atoms with van der Waals surface area (Å²) in [7, 11) is 1.58. The van der Waals surface area contributed by atoms with Crippen LogP contribution in [0.4, 0.5) is 0 Å². The van der Waals surface area contributed by atoms with Gasteiger partial charge in [0.1, 0.15) is 11.5 Å². The molecule has 2 unspecified atom stereocenters. The van der Waals surface area contributed by atoms with Gasteiger partial charge in [0.25, 0.3) is 0 Å². The Hall–Kier alpha value is -2.66. The van der Waals surface area contributed by atoms with Gasteiger partial charge in [-0.2, -0.15) is 0 Å². The summed E-state index contributed by atoms with van der Waals surface area (Å²) in [5.41, 5.74) is 4.99. The lowest BCUT2D eigenvalue weighted by Gasteiger charge is -2.15. The predicted octanol–water partition coefficient (Wildman–Crippen LogP) is 7.52. The van der Waals surface area contributed by atoms with Crippen LogP contribution in [-0.2, 0) is 0 Å². The third-order valence-electron chi connectivity index (χ3n) is 5.79. The number of benzene rings is 4. The van der Waals surface area contributed by atoms with Crippen molar-refractivity contribution >= 4 is 27.8 Å². The molecule has 0 aliphatic heterocycles. The van der Waals surface area contributed by atoms with Gasteiger partial charge in [-0.3, -0.25) is 0 Å². The highest BCUT2D eigenvalue weighted by molar-refractivity contribution is 7.48. The minimum absolute atomic E-state index is 0.679. The SMILES string of the molecule is CCOc1ccccc1-c1ccccc1PCCCPc1ccccc1-c1ccccc1OCC. The van der Waals surface area contributed by atoms with E-state index >= 15 is 0 Å². The molecule has 0 heterocycles. The Kier molecular flexibility index (Phi) is 9.76. The fraction of sp³-hybridized carbons (Fsp3) is 0.226. The second kappa shape index (κ2) is 13.4. The largest absolute Gasteiger partial charge is 0.493 e. The van der Waals surface area contributed by atoms with E-state index in [9.17, 15) is 0 Å². The van der Waals surface area contributed by atoms with Gasteiger partial charge in [-0.25, -0.2) is 0 Å². The summed E-state index contributed by atoms with van der Waals surface area (Å²) in [4.78, 5) is 0. The molecular formula is C31H34O2P2. The molecule has 0 saturated heterocycles. The van der Waals surface area contributed by atoms with Crippen LogP contribution in [0.5, 0.6) is 11.5 Å². The third kappa shape index (κ3) is 6.72. The number of rotatable bonds is 12. The van der Waals surface area contributed by atoms with E-state index in [1.807, 2.05) is 26.0 Å². The molecule has 0 fully saturated rings. The zero-order valence-corrected chi connectivity index (χ0v) is 22.6. The van der Waals surface area contributed by atoms with Crippen molar-refractivity contribution in [3.05, 3.63) is 97.1 Å². The summed E-state index contributed by atoms with van der Waals surface area (Å²) in [5, 5.41) is 2.85. The molecule has 4 heteroatoms. The van der Waals surface area contributed by atoms with Crippen molar-refractivity contribution in [2.45, 2.75) is 20.3 Å². The van der Waals surface area contributed by atoms with E-state index in [1.54, 1.807) is 0 Å². The molecule has 4 rings (SSSR count). The molecule has 2 nitrogen and oxygen atoms in total.